The van der Waals surface area contributed by atoms with E-state index in [4.69, 9.17) is 0 Å². The van der Waals surface area contributed by atoms with Crippen molar-refractivity contribution in [1.82, 2.24) is 5.32 Å². The molecule has 0 saturated heterocycles. The normalized spacial score (nSPS) is 12.6. The molecule has 0 saturated carbocycles. The lowest BCUT2D eigenvalue weighted by Crippen LogP contribution is -2.21. The predicted molar refractivity (Wildman–Crippen MR) is 77.5 cm³/mol. The summed E-state index contributed by atoms with van der Waals surface area (Å²) in [6.45, 7) is 0.158. The lowest BCUT2D eigenvalue weighted by atomic mass is 10.1. The maximum Gasteiger partial charge on any atom is 0.387 e. The Kier molecular flexibility index (Phi) is 5.49. The van der Waals surface area contributed by atoms with Crippen LogP contribution in [0, 0.1) is 0 Å². The molecular weight excluding hydrogens is 280 g/mol. The van der Waals surface area contributed by atoms with Crippen LogP contribution in [-0.4, -0.2) is 13.2 Å². The molecule has 5 heteroatoms. The molecule has 0 aliphatic heterocycles. The molecule has 0 amide bonds. The van der Waals surface area contributed by atoms with Crippen LogP contribution in [-0.2, 0) is 6.42 Å². The third kappa shape index (κ3) is 4.58. The number of hydrogen-bond acceptors (Lipinski definition) is 3. The van der Waals surface area contributed by atoms with Gasteiger partial charge in [0.05, 0.1) is 0 Å². The molecule has 2 rings (SSSR count). The van der Waals surface area contributed by atoms with E-state index in [1.807, 2.05) is 0 Å². The van der Waals surface area contributed by atoms with Gasteiger partial charge in [0.15, 0.2) is 0 Å². The van der Waals surface area contributed by atoms with E-state index < -0.39 is 6.61 Å². The van der Waals surface area contributed by atoms with Gasteiger partial charge in [-0.2, -0.15) is 20.1 Å². The van der Waals surface area contributed by atoms with Crippen molar-refractivity contribution in [2.45, 2.75) is 26.0 Å². The monoisotopic (exact) mass is 297 g/mol. The van der Waals surface area contributed by atoms with Crippen molar-refractivity contribution in [3.63, 3.8) is 0 Å². The molecular formula is C15H17F2NOS. The second-order valence-electron chi connectivity index (χ2n) is 4.50. The van der Waals surface area contributed by atoms with Crippen molar-refractivity contribution in [2.75, 3.05) is 6.54 Å². The van der Waals surface area contributed by atoms with Crippen LogP contribution in [0.4, 0.5) is 8.78 Å². The van der Waals surface area contributed by atoms with Crippen LogP contribution in [0.3, 0.4) is 0 Å². The number of ether oxygens (including phenoxy) is 1. The van der Waals surface area contributed by atoms with Gasteiger partial charge in [0.2, 0.25) is 0 Å². The first-order valence-electron chi connectivity index (χ1n) is 6.44. The maximum absolute atomic E-state index is 12.0. The second-order valence-corrected chi connectivity index (χ2v) is 5.28. The largest absolute Gasteiger partial charge is 0.435 e. The van der Waals surface area contributed by atoms with E-state index in [2.05, 4.69) is 33.8 Å². The van der Waals surface area contributed by atoms with Gasteiger partial charge in [0.25, 0.3) is 0 Å². The Morgan fingerprint density at radius 2 is 1.95 bits per heavy atom. The van der Waals surface area contributed by atoms with Gasteiger partial charge in [0, 0.05) is 6.04 Å². The zero-order valence-electron chi connectivity index (χ0n) is 11.2. The summed E-state index contributed by atoms with van der Waals surface area (Å²) in [6.07, 6.45) is 0.987. The topological polar surface area (TPSA) is 21.3 Å². The lowest BCUT2D eigenvalue weighted by molar-refractivity contribution is -0.0498. The second kappa shape index (κ2) is 7.36. The van der Waals surface area contributed by atoms with Crippen molar-refractivity contribution in [2.24, 2.45) is 0 Å². The first-order chi connectivity index (χ1) is 9.65. The van der Waals surface area contributed by atoms with Gasteiger partial charge in [-0.05, 0) is 60.0 Å². The highest BCUT2D eigenvalue weighted by atomic mass is 32.1. The van der Waals surface area contributed by atoms with Gasteiger partial charge < -0.3 is 10.1 Å². The summed E-state index contributed by atoms with van der Waals surface area (Å²) in [5.41, 5.74) is 2.38. The van der Waals surface area contributed by atoms with Gasteiger partial charge in [-0.3, -0.25) is 0 Å². The summed E-state index contributed by atoms with van der Waals surface area (Å²) in [5, 5.41) is 7.62. The van der Waals surface area contributed by atoms with E-state index in [-0.39, 0.29) is 11.8 Å². The van der Waals surface area contributed by atoms with Crippen molar-refractivity contribution in [1.29, 1.82) is 0 Å². The third-order valence-electron chi connectivity index (χ3n) is 3.05. The fourth-order valence-electron chi connectivity index (χ4n) is 1.92. The van der Waals surface area contributed by atoms with E-state index in [9.17, 15) is 8.78 Å². The Labute approximate surface area is 121 Å². The molecule has 108 valence electrons. The summed E-state index contributed by atoms with van der Waals surface area (Å²) in [6, 6.07) is 9.04. The molecule has 0 spiro atoms. The summed E-state index contributed by atoms with van der Waals surface area (Å²) in [7, 11) is 0. The Morgan fingerprint density at radius 1 is 1.20 bits per heavy atom. The van der Waals surface area contributed by atoms with Crippen LogP contribution in [0.1, 0.15) is 24.1 Å². The van der Waals surface area contributed by atoms with E-state index in [0.29, 0.717) is 0 Å². The van der Waals surface area contributed by atoms with Crippen LogP contribution >= 0.6 is 11.3 Å². The van der Waals surface area contributed by atoms with Gasteiger partial charge in [-0.1, -0.05) is 12.1 Å². The van der Waals surface area contributed by atoms with E-state index in [0.717, 1.165) is 18.5 Å². The summed E-state index contributed by atoms with van der Waals surface area (Å²) < 4.78 is 28.4. The minimum absolute atomic E-state index is 0.175. The van der Waals surface area contributed by atoms with Crippen LogP contribution < -0.4 is 10.1 Å². The quantitative estimate of drug-likeness (QED) is 0.825. The smallest absolute Gasteiger partial charge is 0.387 e. The molecule has 0 bridgehead atoms. The predicted octanol–water partition coefficient (Wildman–Crippen LogP) is 4.24. The zero-order valence-corrected chi connectivity index (χ0v) is 12.0. The van der Waals surface area contributed by atoms with E-state index in [1.165, 1.54) is 5.56 Å². The Balaban J connectivity index is 1.81. The Hall–Kier alpha value is -1.46. The van der Waals surface area contributed by atoms with Crippen molar-refractivity contribution in [3.05, 3.63) is 52.2 Å². The average molecular weight is 297 g/mol. The SMILES string of the molecule is CC(NCCc1ccsc1)c1ccc(OC(F)F)cc1. The molecule has 0 aliphatic carbocycles. The molecule has 2 aromatic rings. The number of alkyl halides is 2. The molecule has 2 nitrogen and oxygen atoms in total. The summed E-state index contributed by atoms with van der Waals surface area (Å²) in [5.74, 6) is 0.189. The van der Waals surface area contributed by atoms with Crippen LogP contribution in [0.5, 0.6) is 5.75 Å². The Morgan fingerprint density at radius 3 is 2.55 bits per heavy atom. The first-order valence-corrected chi connectivity index (χ1v) is 7.38. The molecule has 1 unspecified atom stereocenters. The highest BCUT2D eigenvalue weighted by Gasteiger charge is 2.07. The highest BCUT2D eigenvalue weighted by molar-refractivity contribution is 7.07. The zero-order chi connectivity index (χ0) is 14.4. The number of rotatable bonds is 7. The van der Waals surface area contributed by atoms with E-state index in [1.54, 1.807) is 35.6 Å². The fraction of sp³-hybridized carbons (Fsp3) is 0.333. The molecule has 1 N–H and O–H groups in total. The van der Waals surface area contributed by atoms with Crippen LogP contribution in [0.2, 0.25) is 0 Å². The summed E-state index contributed by atoms with van der Waals surface area (Å²) in [4.78, 5) is 0. The number of halogens is 2. The van der Waals surface area contributed by atoms with E-state index >= 15 is 0 Å². The third-order valence-corrected chi connectivity index (χ3v) is 3.78. The summed E-state index contributed by atoms with van der Waals surface area (Å²) >= 11 is 1.70. The lowest BCUT2D eigenvalue weighted by Gasteiger charge is -2.14. The molecule has 1 atom stereocenters. The highest BCUT2D eigenvalue weighted by Crippen LogP contribution is 2.19. The minimum Gasteiger partial charge on any atom is -0.435 e. The molecule has 0 radical (unpaired) electrons. The number of benzene rings is 1. The van der Waals surface area contributed by atoms with Gasteiger partial charge in [0.1, 0.15) is 5.75 Å². The van der Waals surface area contributed by atoms with Gasteiger partial charge >= 0.3 is 6.61 Å². The number of hydrogen-bond donors (Lipinski definition) is 1. The molecule has 1 aromatic carbocycles. The van der Waals surface area contributed by atoms with Crippen molar-refractivity contribution in [3.8, 4) is 5.75 Å². The Bertz CT molecular complexity index is 499. The molecule has 1 aromatic heterocycles. The van der Waals surface area contributed by atoms with Crippen LogP contribution in [0.25, 0.3) is 0 Å². The fourth-order valence-corrected chi connectivity index (χ4v) is 2.63. The van der Waals surface area contributed by atoms with Gasteiger partial charge in [-0.15, -0.1) is 0 Å². The average Bonchev–Trinajstić information content (AvgIpc) is 2.92. The molecule has 0 aliphatic rings. The number of thiophene rings is 1. The number of nitrogens with one attached hydrogen (secondary N) is 1. The van der Waals surface area contributed by atoms with Gasteiger partial charge in [-0.25, -0.2) is 0 Å². The van der Waals surface area contributed by atoms with Crippen LogP contribution in [0.15, 0.2) is 41.1 Å². The molecule has 20 heavy (non-hydrogen) atoms. The van der Waals surface area contributed by atoms with Crippen molar-refractivity contribution < 1.29 is 13.5 Å². The minimum atomic E-state index is -2.78. The maximum atomic E-state index is 12.0. The van der Waals surface area contributed by atoms with Crippen molar-refractivity contribution >= 4 is 11.3 Å². The molecule has 0 fully saturated rings. The standard InChI is InChI=1S/C15H17F2NOS/c1-11(18-8-6-12-7-9-20-10-12)13-2-4-14(5-3-13)19-15(16)17/h2-5,7,9-11,15,18H,6,8H2,1H3. The molecule has 1 heterocycles. The first kappa shape index (κ1) is 14.9.